The first-order valence-corrected chi connectivity index (χ1v) is 6.95. The van der Waals surface area contributed by atoms with E-state index in [2.05, 4.69) is 26.6 Å². The molecule has 1 aromatic rings. The Hall–Kier alpha value is -1.27. The molecule has 0 saturated carbocycles. The maximum atomic E-state index is 11.6. The normalized spacial score (nSPS) is 10.1. The molecular weight excluding hydrogens is 312 g/mol. The highest BCUT2D eigenvalue weighted by Crippen LogP contribution is 2.36. The number of nitrogens with one attached hydrogen (secondary N) is 2. The molecule has 0 saturated heterocycles. The van der Waals surface area contributed by atoms with Crippen LogP contribution in [0.15, 0.2) is 16.6 Å². The summed E-state index contributed by atoms with van der Waals surface area (Å²) in [6.07, 6.45) is 0. The van der Waals surface area contributed by atoms with Gasteiger partial charge in [-0.15, -0.1) is 0 Å². The van der Waals surface area contributed by atoms with Gasteiger partial charge < -0.3 is 20.1 Å². The highest BCUT2D eigenvalue weighted by Gasteiger charge is 2.12. The Labute approximate surface area is 121 Å². The molecule has 0 unspecified atom stereocenters. The van der Waals surface area contributed by atoms with E-state index in [1.54, 1.807) is 19.2 Å². The van der Waals surface area contributed by atoms with E-state index in [4.69, 9.17) is 9.47 Å². The third-order valence-corrected chi connectivity index (χ3v) is 2.90. The van der Waals surface area contributed by atoms with Crippen LogP contribution in [0.5, 0.6) is 11.5 Å². The number of carbonyl (C=O) groups is 1. The Kier molecular flexibility index (Phi) is 6.66. The molecule has 2 N–H and O–H groups in total. The van der Waals surface area contributed by atoms with E-state index in [9.17, 15) is 4.79 Å². The summed E-state index contributed by atoms with van der Waals surface area (Å²) in [6, 6.07) is 3.55. The van der Waals surface area contributed by atoms with E-state index in [0.29, 0.717) is 30.4 Å². The lowest BCUT2D eigenvalue weighted by Crippen LogP contribution is -2.25. The maximum absolute atomic E-state index is 11.6. The highest BCUT2D eigenvalue weighted by molar-refractivity contribution is 9.10. The predicted octanol–water partition coefficient (Wildman–Crippen LogP) is 2.40. The summed E-state index contributed by atoms with van der Waals surface area (Å²) < 4.78 is 11.8. The first-order chi connectivity index (χ1) is 9.12. The van der Waals surface area contributed by atoms with E-state index in [1.807, 2.05) is 13.8 Å². The number of anilines is 1. The van der Waals surface area contributed by atoms with Crippen LogP contribution in [-0.4, -0.2) is 32.7 Å². The minimum absolute atomic E-state index is 0.116. The molecule has 5 nitrogen and oxygen atoms in total. The van der Waals surface area contributed by atoms with Crippen molar-refractivity contribution in [3.8, 4) is 11.5 Å². The first-order valence-electron chi connectivity index (χ1n) is 6.15. The van der Waals surface area contributed by atoms with Gasteiger partial charge in [0.15, 0.2) is 11.5 Å². The molecule has 1 amide bonds. The quantitative estimate of drug-likeness (QED) is 0.806. The van der Waals surface area contributed by atoms with Crippen molar-refractivity contribution < 1.29 is 14.3 Å². The van der Waals surface area contributed by atoms with Gasteiger partial charge in [-0.2, -0.15) is 0 Å². The molecule has 0 aliphatic carbocycles. The molecule has 6 heteroatoms. The summed E-state index contributed by atoms with van der Waals surface area (Å²) in [5.74, 6) is 1.16. The van der Waals surface area contributed by atoms with Crippen molar-refractivity contribution in [2.45, 2.75) is 13.8 Å². The van der Waals surface area contributed by atoms with Crippen LogP contribution in [0.3, 0.4) is 0 Å². The zero-order valence-electron chi connectivity index (χ0n) is 11.4. The maximum Gasteiger partial charge on any atom is 0.238 e. The smallest absolute Gasteiger partial charge is 0.238 e. The zero-order chi connectivity index (χ0) is 14.3. The van der Waals surface area contributed by atoms with Crippen LogP contribution in [0.1, 0.15) is 13.8 Å². The summed E-state index contributed by atoms with van der Waals surface area (Å²) >= 11 is 3.41. The average molecular weight is 331 g/mol. The average Bonchev–Trinajstić information content (AvgIpc) is 2.35. The molecular formula is C13H19BrN2O3. The molecule has 0 atom stereocenters. The van der Waals surface area contributed by atoms with Gasteiger partial charge in [0.2, 0.25) is 5.91 Å². The van der Waals surface area contributed by atoms with Crippen LogP contribution in [-0.2, 0) is 4.79 Å². The van der Waals surface area contributed by atoms with Gasteiger partial charge in [-0.1, -0.05) is 0 Å². The van der Waals surface area contributed by atoms with Crippen molar-refractivity contribution in [2.75, 3.05) is 32.1 Å². The Morgan fingerprint density at radius 3 is 2.32 bits per heavy atom. The SMILES string of the molecule is CCOc1cc(Br)c(NC(=O)CNC)cc1OCC. The number of ether oxygens (including phenoxy) is 2. The predicted molar refractivity (Wildman–Crippen MR) is 79.0 cm³/mol. The summed E-state index contributed by atoms with van der Waals surface area (Å²) in [6.45, 7) is 5.15. The standard InChI is InChI=1S/C13H19BrN2O3/c1-4-18-11-6-9(14)10(7-12(11)19-5-2)16-13(17)8-15-3/h6-7,15H,4-5,8H2,1-3H3,(H,16,17). The third kappa shape index (κ3) is 4.72. The number of halogens is 1. The van der Waals surface area contributed by atoms with E-state index in [0.717, 1.165) is 4.47 Å². The molecule has 1 rings (SSSR count). The third-order valence-electron chi connectivity index (χ3n) is 2.24. The zero-order valence-corrected chi connectivity index (χ0v) is 13.0. The summed E-state index contributed by atoms with van der Waals surface area (Å²) in [5, 5.41) is 5.59. The van der Waals surface area contributed by atoms with Crippen LogP contribution in [0.25, 0.3) is 0 Å². The topological polar surface area (TPSA) is 59.6 Å². The molecule has 0 aliphatic rings. The Morgan fingerprint density at radius 1 is 1.21 bits per heavy atom. The van der Waals surface area contributed by atoms with Gasteiger partial charge in [0, 0.05) is 16.6 Å². The van der Waals surface area contributed by atoms with Gasteiger partial charge >= 0.3 is 0 Å². The largest absolute Gasteiger partial charge is 0.490 e. The van der Waals surface area contributed by atoms with Crippen molar-refractivity contribution >= 4 is 27.5 Å². The second kappa shape index (κ2) is 8.01. The van der Waals surface area contributed by atoms with Crippen LogP contribution in [0, 0.1) is 0 Å². The van der Waals surface area contributed by atoms with Gasteiger partial charge in [-0.25, -0.2) is 0 Å². The Bertz CT molecular complexity index is 438. The fraction of sp³-hybridized carbons (Fsp3) is 0.462. The number of benzene rings is 1. The second-order valence-electron chi connectivity index (χ2n) is 3.72. The summed E-state index contributed by atoms with van der Waals surface area (Å²) in [4.78, 5) is 11.6. The molecule has 19 heavy (non-hydrogen) atoms. The van der Waals surface area contributed by atoms with Gasteiger partial charge in [0.25, 0.3) is 0 Å². The summed E-state index contributed by atoms with van der Waals surface area (Å²) in [5.41, 5.74) is 0.659. The van der Waals surface area contributed by atoms with Crippen LogP contribution in [0.2, 0.25) is 0 Å². The molecule has 0 aliphatic heterocycles. The number of carbonyl (C=O) groups excluding carboxylic acids is 1. The lowest BCUT2D eigenvalue weighted by molar-refractivity contribution is -0.115. The van der Waals surface area contributed by atoms with E-state index in [-0.39, 0.29) is 12.5 Å². The van der Waals surface area contributed by atoms with E-state index < -0.39 is 0 Å². The number of hydrogen-bond donors (Lipinski definition) is 2. The lowest BCUT2D eigenvalue weighted by Gasteiger charge is -2.14. The molecule has 0 radical (unpaired) electrons. The monoisotopic (exact) mass is 330 g/mol. The van der Waals surface area contributed by atoms with Gasteiger partial charge in [-0.05, 0) is 36.8 Å². The fourth-order valence-electron chi connectivity index (χ4n) is 1.52. The van der Waals surface area contributed by atoms with Gasteiger partial charge in [0.05, 0.1) is 25.4 Å². The van der Waals surface area contributed by atoms with Gasteiger partial charge in [-0.3, -0.25) is 4.79 Å². The fourth-order valence-corrected chi connectivity index (χ4v) is 1.94. The molecule has 106 valence electrons. The number of rotatable bonds is 7. The Balaban J connectivity index is 2.98. The Morgan fingerprint density at radius 2 is 1.79 bits per heavy atom. The molecule has 0 fully saturated rings. The summed E-state index contributed by atoms with van der Waals surface area (Å²) in [7, 11) is 1.72. The van der Waals surface area contributed by atoms with Crippen molar-refractivity contribution in [2.24, 2.45) is 0 Å². The van der Waals surface area contributed by atoms with Gasteiger partial charge in [0.1, 0.15) is 0 Å². The van der Waals surface area contributed by atoms with Crippen LogP contribution < -0.4 is 20.1 Å². The first kappa shape index (κ1) is 15.8. The molecule has 0 spiro atoms. The van der Waals surface area contributed by atoms with Crippen LogP contribution >= 0.6 is 15.9 Å². The van der Waals surface area contributed by atoms with Crippen molar-refractivity contribution in [1.29, 1.82) is 0 Å². The van der Waals surface area contributed by atoms with Crippen LogP contribution in [0.4, 0.5) is 5.69 Å². The number of likely N-dealkylation sites (N-methyl/N-ethyl adjacent to an activating group) is 1. The minimum atomic E-state index is -0.116. The van der Waals surface area contributed by atoms with E-state index in [1.165, 1.54) is 0 Å². The lowest BCUT2D eigenvalue weighted by atomic mass is 10.2. The van der Waals surface area contributed by atoms with Crippen molar-refractivity contribution in [3.05, 3.63) is 16.6 Å². The number of amides is 1. The molecule has 0 heterocycles. The van der Waals surface area contributed by atoms with Crippen molar-refractivity contribution in [1.82, 2.24) is 5.32 Å². The molecule has 0 bridgehead atoms. The number of hydrogen-bond acceptors (Lipinski definition) is 4. The second-order valence-corrected chi connectivity index (χ2v) is 4.58. The van der Waals surface area contributed by atoms with E-state index >= 15 is 0 Å². The molecule has 1 aromatic carbocycles. The minimum Gasteiger partial charge on any atom is -0.490 e. The van der Waals surface area contributed by atoms with Crippen molar-refractivity contribution in [3.63, 3.8) is 0 Å². The highest BCUT2D eigenvalue weighted by atomic mass is 79.9. The molecule has 0 aromatic heterocycles.